The lowest BCUT2D eigenvalue weighted by atomic mass is 9.93. The van der Waals surface area contributed by atoms with Gasteiger partial charge in [0, 0.05) is 12.7 Å². The largest absolute Gasteiger partial charge is 0.351 e. The number of anilines is 1. The number of nitrogens with zero attached hydrogens (tertiary/aromatic N) is 1. The van der Waals surface area contributed by atoms with Crippen LogP contribution in [0.3, 0.4) is 0 Å². The van der Waals surface area contributed by atoms with E-state index in [0.29, 0.717) is 0 Å². The van der Waals surface area contributed by atoms with Crippen LogP contribution in [-0.2, 0) is 0 Å². The molecule has 0 heterocycles. The van der Waals surface area contributed by atoms with Crippen LogP contribution in [-0.4, -0.2) is 7.05 Å². The number of benzene rings is 2. The van der Waals surface area contributed by atoms with Gasteiger partial charge in [-0.2, -0.15) is 0 Å². The lowest BCUT2D eigenvalue weighted by Gasteiger charge is -2.19. The van der Waals surface area contributed by atoms with Gasteiger partial charge in [0.25, 0.3) is 0 Å². The number of hydrogen-bond acceptors (Lipinski definition) is 1. The number of aryl methyl sites for hydroxylation is 2. The summed E-state index contributed by atoms with van der Waals surface area (Å²) in [5, 5.41) is 0. The molecule has 0 saturated heterocycles. The van der Waals surface area contributed by atoms with E-state index in [0.717, 1.165) is 6.42 Å². The summed E-state index contributed by atoms with van der Waals surface area (Å²) in [4.78, 5) is 2.07. The molecule has 0 atom stereocenters. The van der Waals surface area contributed by atoms with Gasteiger partial charge in [-0.3, -0.25) is 0 Å². The van der Waals surface area contributed by atoms with Gasteiger partial charge in [0.15, 0.2) is 0 Å². The molecule has 29 heavy (non-hydrogen) atoms. The lowest BCUT2D eigenvalue weighted by Crippen LogP contribution is -2.09. The Kier molecular flexibility index (Phi) is 13.2. The fraction of sp³-hybridized carbons (Fsp3) is 0.357. The fourth-order valence-corrected chi connectivity index (χ4v) is 2.96. The van der Waals surface area contributed by atoms with Crippen LogP contribution < -0.4 is 4.90 Å². The SMILES string of the molecule is C=CN(C)c1cc(C(/C=C\CC)=C(/C)c2cccc(C)c2)ccc1C.CC.CC. The van der Waals surface area contributed by atoms with Crippen molar-refractivity contribution in [2.24, 2.45) is 0 Å². The van der Waals surface area contributed by atoms with E-state index >= 15 is 0 Å². The van der Waals surface area contributed by atoms with Crippen molar-refractivity contribution in [3.8, 4) is 0 Å². The number of allylic oxidation sites excluding steroid dienone is 4. The van der Waals surface area contributed by atoms with Crippen LogP contribution in [0, 0.1) is 13.8 Å². The van der Waals surface area contributed by atoms with Gasteiger partial charge in [-0.25, -0.2) is 0 Å². The van der Waals surface area contributed by atoms with Crippen molar-refractivity contribution in [1.82, 2.24) is 0 Å². The van der Waals surface area contributed by atoms with Crippen LogP contribution >= 0.6 is 0 Å². The van der Waals surface area contributed by atoms with E-state index in [9.17, 15) is 0 Å². The van der Waals surface area contributed by atoms with E-state index in [1.165, 1.54) is 39.1 Å². The third-order valence-electron chi connectivity index (χ3n) is 4.55. The molecule has 0 N–H and O–H groups in total. The van der Waals surface area contributed by atoms with Gasteiger partial charge in [-0.15, -0.1) is 0 Å². The van der Waals surface area contributed by atoms with Crippen molar-refractivity contribution < 1.29 is 0 Å². The lowest BCUT2D eigenvalue weighted by molar-refractivity contribution is 1.18. The first-order valence-corrected chi connectivity index (χ1v) is 10.9. The first-order valence-electron chi connectivity index (χ1n) is 10.9. The molecule has 1 nitrogen and oxygen atoms in total. The monoisotopic (exact) mass is 391 g/mol. The normalized spacial score (nSPS) is 10.9. The maximum Gasteiger partial charge on any atom is 0.0439 e. The van der Waals surface area contributed by atoms with E-state index < -0.39 is 0 Å². The molecule has 0 fully saturated rings. The van der Waals surface area contributed by atoms with Crippen LogP contribution in [0.5, 0.6) is 0 Å². The smallest absolute Gasteiger partial charge is 0.0439 e. The summed E-state index contributed by atoms with van der Waals surface area (Å²) in [6.45, 7) is 20.5. The molecule has 0 bridgehead atoms. The van der Waals surface area contributed by atoms with E-state index in [2.05, 4.69) is 93.8 Å². The van der Waals surface area contributed by atoms with E-state index in [1.54, 1.807) is 0 Å². The van der Waals surface area contributed by atoms with Crippen LogP contribution in [0.25, 0.3) is 11.1 Å². The van der Waals surface area contributed by atoms with Gasteiger partial charge >= 0.3 is 0 Å². The Morgan fingerprint density at radius 3 is 2.17 bits per heavy atom. The van der Waals surface area contributed by atoms with Crippen molar-refractivity contribution in [1.29, 1.82) is 0 Å². The maximum atomic E-state index is 3.89. The summed E-state index contributed by atoms with van der Waals surface area (Å²) in [7, 11) is 2.04. The van der Waals surface area contributed by atoms with Crippen LogP contribution in [0.15, 0.2) is 67.4 Å². The van der Waals surface area contributed by atoms with Gasteiger partial charge in [0.1, 0.15) is 0 Å². The molecule has 0 unspecified atom stereocenters. The summed E-state index contributed by atoms with van der Waals surface area (Å²) in [5.74, 6) is 0. The Morgan fingerprint density at radius 2 is 1.62 bits per heavy atom. The van der Waals surface area contributed by atoms with Crippen LogP contribution in [0.4, 0.5) is 5.69 Å². The highest BCUT2D eigenvalue weighted by Crippen LogP contribution is 2.31. The van der Waals surface area contributed by atoms with Gasteiger partial charge in [-0.1, -0.05) is 95.3 Å². The first-order chi connectivity index (χ1) is 14.0. The molecule has 0 amide bonds. The average Bonchev–Trinajstić information content (AvgIpc) is 2.77. The molecule has 158 valence electrons. The topological polar surface area (TPSA) is 3.24 Å². The molecule has 0 radical (unpaired) electrons. The highest BCUT2D eigenvalue weighted by molar-refractivity contribution is 5.95. The third kappa shape index (κ3) is 7.77. The van der Waals surface area contributed by atoms with Gasteiger partial charge in [0.05, 0.1) is 0 Å². The zero-order valence-electron chi connectivity index (χ0n) is 20.1. The molecule has 2 rings (SSSR count). The minimum Gasteiger partial charge on any atom is -0.351 e. The second-order valence-corrected chi connectivity index (χ2v) is 6.51. The minimum atomic E-state index is 1.02. The Morgan fingerprint density at radius 1 is 0.966 bits per heavy atom. The second-order valence-electron chi connectivity index (χ2n) is 6.51. The quantitative estimate of drug-likeness (QED) is 0.351. The molecule has 0 aromatic heterocycles. The van der Waals surface area contributed by atoms with Crippen molar-refractivity contribution in [3.63, 3.8) is 0 Å². The molecule has 0 saturated carbocycles. The first kappa shape index (κ1) is 26.5. The highest BCUT2D eigenvalue weighted by Gasteiger charge is 2.09. The van der Waals surface area contributed by atoms with E-state index in [-0.39, 0.29) is 0 Å². The van der Waals surface area contributed by atoms with Crippen molar-refractivity contribution in [3.05, 3.63) is 89.6 Å². The summed E-state index contributed by atoms with van der Waals surface area (Å²) < 4.78 is 0. The zero-order valence-corrected chi connectivity index (χ0v) is 20.1. The minimum absolute atomic E-state index is 1.02. The molecular weight excluding hydrogens is 350 g/mol. The fourth-order valence-electron chi connectivity index (χ4n) is 2.96. The third-order valence-corrected chi connectivity index (χ3v) is 4.55. The Balaban J connectivity index is 0.00000184. The molecule has 1 heteroatoms. The Labute approximate surface area is 180 Å². The van der Waals surface area contributed by atoms with Gasteiger partial charge in [0.2, 0.25) is 0 Å². The summed E-state index contributed by atoms with van der Waals surface area (Å²) >= 11 is 0. The predicted molar refractivity (Wildman–Crippen MR) is 136 cm³/mol. The van der Waals surface area contributed by atoms with Crippen LogP contribution in [0.1, 0.15) is 70.2 Å². The van der Waals surface area contributed by atoms with Crippen molar-refractivity contribution in [2.45, 2.75) is 61.8 Å². The average molecular weight is 392 g/mol. The molecular formula is C28H41N. The van der Waals surface area contributed by atoms with E-state index in [1.807, 2.05) is 40.9 Å². The number of rotatable bonds is 6. The molecule has 2 aromatic carbocycles. The number of hydrogen-bond donors (Lipinski definition) is 0. The molecule has 0 aliphatic heterocycles. The standard InChI is InChI=1S/C24H29N.2C2H6/c1-7-9-13-23(20(5)21-12-10-11-18(3)16-21)22-15-14-19(4)24(17-22)25(6)8-2;2*1-2/h8-17H,2,7H2,1,3-6H3;2*1-2H3/b13-9-,23-20-;;. The zero-order chi connectivity index (χ0) is 22.4. The molecule has 0 aliphatic rings. The maximum absolute atomic E-state index is 3.89. The highest BCUT2D eigenvalue weighted by atomic mass is 15.1. The van der Waals surface area contributed by atoms with Gasteiger partial charge < -0.3 is 4.90 Å². The summed E-state index contributed by atoms with van der Waals surface area (Å²) in [5.41, 5.74) is 8.79. The molecule has 0 spiro atoms. The van der Waals surface area contributed by atoms with Crippen LogP contribution in [0.2, 0.25) is 0 Å². The Hall–Kier alpha value is -2.54. The van der Waals surface area contributed by atoms with E-state index in [4.69, 9.17) is 0 Å². The predicted octanol–water partition coefficient (Wildman–Crippen LogP) is 8.83. The Bertz CT molecular complexity index is 809. The molecule has 2 aromatic rings. The van der Waals surface area contributed by atoms with Crippen molar-refractivity contribution in [2.75, 3.05) is 11.9 Å². The van der Waals surface area contributed by atoms with Gasteiger partial charge in [-0.05, 0) is 67.3 Å². The summed E-state index contributed by atoms with van der Waals surface area (Å²) in [6.07, 6.45) is 7.35. The van der Waals surface area contributed by atoms with Crippen molar-refractivity contribution >= 4 is 16.8 Å². The second kappa shape index (κ2) is 14.5. The molecule has 0 aliphatic carbocycles. The summed E-state index contributed by atoms with van der Waals surface area (Å²) in [6, 6.07) is 15.4.